The average Bonchev–Trinajstić information content (AvgIpc) is 0. The molecule has 0 aliphatic heterocycles. The minimum atomic E-state index is 0. The monoisotopic (exact) mass is 438 g/mol. The zero-order chi connectivity index (χ0) is 0. The first-order valence-corrected chi connectivity index (χ1v) is 0. The van der Waals surface area contributed by atoms with Gasteiger partial charge in [-0.1, -0.05) is 0 Å². The van der Waals surface area contributed by atoms with Crippen LogP contribution in [-0.2, 0) is 26.2 Å². The Morgan fingerprint density at radius 3 is 0.375 bits per heavy atom. The van der Waals surface area contributed by atoms with E-state index in [0.29, 0.717) is 0 Å². The van der Waals surface area contributed by atoms with E-state index < -0.39 is 0 Å². The van der Waals surface area contributed by atoms with Gasteiger partial charge < -0.3 is 74.4 Å². The molecule has 0 heterocycles. The molecule has 0 nitrogen and oxygen atoms in total. The fourth-order valence-corrected chi connectivity index (χ4v) is 0. The van der Waals surface area contributed by atoms with Crippen LogP contribution in [0.5, 0.6) is 0 Å². The van der Waals surface area contributed by atoms with Crippen LogP contribution >= 0.6 is 0 Å². The van der Waals surface area contributed by atoms with Gasteiger partial charge in [0.25, 0.3) is 0 Å². The maximum Gasteiger partial charge on any atom is 4.00 e. The van der Waals surface area contributed by atoms with Crippen molar-refractivity contribution in [2.45, 2.75) is 0 Å². The second kappa shape index (κ2) is 66.1. The van der Waals surface area contributed by atoms with E-state index in [4.69, 9.17) is 0 Å². The van der Waals surface area contributed by atoms with Crippen LogP contribution in [0.15, 0.2) is 0 Å². The average molecular weight is 441 g/mol. The van der Waals surface area contributed by atoms with Crippen LogP contribution in [0.25, 0.3) is 0 Å². The van der Waals surface area contributed by atoms with Crippen LogP contribution in [0, 0.1) is 0 Å². The molecule has 0 atom stereocenters. The fourth-order valence-electron chi connectivity index (χ4n) is 0. The van der Waals surface area contributed by atoms with Crippen LogP contribution in [0.3, 0.4) is 0 Å². The third-order valence-corrected chi connectivity index (χ3v) is 0. The minimum Gasteiger partial charge on any atom is -1.00 e. The molecule has 0 aliphatic rings. The van der Waals surface area contributed by atoms with E-state index in [1.807, 2.05) is 0 Å². The summed E-state index contributed by atoms with van der Waals surface area (Å²) >= 11 is 0. The predicted octanol–water partition coefficient (Wildman–Crippen LogP) is -18.4. The summed E-state index contributed by atoms with van der Waals surface area (Å²) in [5.41, 5.74) is 0. The third-order valence-electron chi connectivity index (χ3n) is 0. The van der Waals surface area contributed by atoms with Gasteiger partial charge >= 0.3 is 75.1 Å². The summed E-state index contributed by atoms with van der Waals surface area (Å²) in [4.78, 5) is 0. The molecule has 0 aromatic heterocycles. The Labute approximate surface area is 146 Å². The van der Waals surface area contributed by atoms with Crippen molar-refractivity contribution >= 4 is 48.9 Å². The van der Waals surface area contributed by atoms with Gasteiger partial charge in [-0.05, 0) is 0 Å². The molecular formula is BaCl6Zr. The zero-order valence-electron chi connectivity index (χ0n) is 3.47. The van der Waals surface area contributed by atoms with Gasteiger partial charge in [-0.2, -0.15) is 0 Å². The van der Waals surface area contributed by atoms with Gasteiger partial charge in [-0.15, -0.1) is 0 Å². The van der Waals surface area contributed by atoms with Crippen LogP contribution in [0.1, 0.15) is 0 Å². The normalized spacial score (nSPS) is 0. The molecule has 0 aromatic rings. The molecule has 0 unspecified atom stereocenters. The second-order valence-corrected chi connectivity index (χ2v) is 0. The largest absolute Gasteiger partial charge is 4.00 e. The summed E-state index contributed by atoms with van der Waals surface area (Å²) in [6.45, 7) is 0. The molecule has 0 aliphatic carbocycles. The summed E-state index contributed by atoms with van der Waals surface area (Å²) in [5, 5.41) is 0. The van der Waals surface area contributed by atoms with Gasteiger partial charge in [0.05, 0.1) is 0 Å². The molecule has 0 aromatic carbocycles. The quantitative estimate of drug-likeness (QED) is 0.328. The molecule has 0 N–H and O–H groups in total. The van der Waals surface area contributed by atoms with Crippen molar-refractivity contribution in [1.82, 2.24) is 0 Å². The second-order valence-electron chi connectivity index (χ2n) is 0. The van der Waals surface area contributed by atoms with Gasteiger partial charge in [-0.3, -0.25) is 0 Å². The first-order valence-electron chi connectivity index (χ1n) is 0. The summed E-state index contributed by atoms with van der Waals surface area (Å²) in [6.07, 6.45) is 0. The van der Waals surface area contributed by atoms with E-state index in [1.54, 1.807) is 0 Å². The Morgan fingerprint density at radius 1 is 0.375 bits per heavy atom. The summed E-state index contributed by atoms with van der Waals surface area (Å²) < 4.78 is 0. The molecule has 0 rings (SSSR count). The smallest absolute Gasteiger partial charge is 1.00 e. The van der Waals surface area contributed by atoms with Gasteiger partial charge in [0.2, 0.25) is 0 Å². The van der Waals surface area contributed by atoms with E-state index in [-0.39, 0.29) is 150 Å². The van der Waals surface area contributed by atoms with Crippen molar-refractivity contribution in [1.29, 1.82) is 0 Å². The van der Waals surface area contributed by atoms with Crippen molar-refractivity contribution < 1.29 is 101 Å². The van der Waals surface area contributed by atoms with Crippen LogP contribution in [-0.4, -0.2) is 48.9 Å². The Bertz CT molecular complexity index is 8.49. The zero-order valence-corrected chi connectivity index (χ0v) is 14.9. The number of rotatable bonds is 0. The Morgan fingerprint density at radius 2 is 0.375 bits per heavy atom. The Balaban J connectivity index is 0. The van der Waals surface area contributed by atoms with Crippen LogP contribution in [0.4, 0.5) is 0 Å². The van der Waals surface area contributed by atoms with Crippen molar-refractivity contribution in [3.8, 4) is 0 Å². The molecule has 0 saturated heterocycles. The van der Waals surface area contributed by atoms with Crippen molar-refractivity contribution in [2.24, 2.45) is 0 Å². The molecule has 0 bridgehead atoms. The van der Waals surface area contributed by atoms with Gasteiger partial charge in [0, 0.05) is 0 Å². The summed E-state index contributed by atoms with van der Waals surface area (Å²) in [6, 6.07) is 0. The SMILES string of the molecule is [Ba+2].[Cl-].[Cl-].[Cl-].[Cl-].[Cl-].[Cl-].[Zr+4]. The molecule has 0 amide bonds. The number of halogens is 6. The fraction of sp³-hybridized carbons (Fsp3) is 0. The van der Waals surface area contributed by atoms with Crippen molar-refractivity contribution in [2.75, 3.05) is 0 Å². The first-order chi connectivity index (χ1) is 0. The molecule has 8 heavy (non-hydrogen) atoms. The number of hydrogen-bond donors (Lipinski definition) is 0. The van der Waals surface area contributed by atoms with Crippen LogP contribution in [0.2, 0.25) is 0 Å². The molecule has 48 valence electrons. The topological polar surface area (TPSA) is 0 Å². The molecule has 8 heteroatoms. The maximum atomic E-state index is 0. The van der Waals surface area contributed by atoms with E-state index in [1.165, 1.54) is 0 Å². The molecule has 0 spiro atoms. The predicted molar refractivity (Wildman–Crippen MR) is 5.75 cm³/mol. The molecule has 0 radical (unpaired) electrons. The van der Waals surface area contributed by atoms with Gasteiger partial charge in [0.15, 0.2) is 0 Å². The van der Waals surface area contributed by atoms with E-state index in [2.05, 4.69) is 0 Å². The van der Waals surface area contributed by atoms with Crippen LogP contribution < -0.4 is 74.4 Å². The van der Waals surface area contributed by atoms with Crippen molar-refractivity contribution in [3.05, 3.63) is 0 Å². The Kier molecular flexibility index (Phi) is 718. The minimum absolute atomic E-state index is 0. The molecular weight excluding hydrogens is 441 g/mol. The van der Waals surface area contributed by atoms with E-state index in [9.17, 15) is 0 Å². The third kappa shape index (κ3) is 49.0. The maximum absolute atomic E-state index is 0. The van der Waals surface area contributed by atoms with Gasteiger partial charge in [-0.25, -0.2) is 0 Å². The first kappa shape index (κ1) is 86.9. The Hall–Kier alpha value is 4.19. The standard InChI is InChI=1S/Ba.6ClH.Zr/h;6*1H;/q+2;;;;;;;+4/p-6. The summed E-state index contributed by atoms with van der Waals surface area (Å²) in [5.74, 6) is 0. The summed E-state index contributed by atoms with van der Waals surface area (Å²) in [7, 11) is 0. The number of hydrogen-bond acceptors (Lipinski definition) is 0. The van der Waals surface area contributed by atoms with Crippen molar-refractivity contribution in [3.63, 3.8) is 0 Å². The molecule has 0 fully saturated rings. The van der Waals surface area contributed by atoms with E-state index >= 15 is 0 Å². The van der Waals surface area contributed by atoms with Gasteiger partial charge in [0.1, 0.15) is 0 Å². The molecule has 0 saturated carbocycles. The van der Waals surface area contributed by atoms with E-state index in [0.717, 1.165) is 0 Å².